The number of ether oxygens (including phenoxy) is 2. The van der Waals surface area contributed by atoms with Crippen molar-refractivity contribution in [2.24, 2.45) is 5.10 Å². The molecule has 1 aliphatic heterocycles. The first-order valence-electron chi connectivity index (χ1n) is 10.2. The molecule has 0 radical (unpaired) electrons. The molecule has 0 aliphatic carbocycles. The largest absolute Gasteiger partial charge is 0.493 e. The van der Waals surface area contributed by atoms with E-state index in [2.05, 4.69) is 12.0 Å². The number of unbranched alkanes of at least 4 members (excludes halogenated alkanes) is 2. The van der Waals surface area contributed by atoms with Crippen molar-refractivity contribution < 1.29 is 24.2 Å². The number of benzene rings is 2. The van der Waals surface area contributed by atoms with Crippen LogP contribution in [0.15, 0.2) is 53.1 Å². The molecule has 0 spiro atoms. The maximum atomic E-state index is 13.0. The summed E-state index contributed by atoms with van der Waals surface area (Å²) in [5.74, 6) is -0.124. The molecule has 1 heterocycles. The number of carbonyl (C=O) groups is 2. The third-order valence-corrected chi connectivity index (χ3v) is 4.90. The fourth-order valence-electron chi connectivity index (χ4n) is 3.22. The lowest BCUT2D eigenvalue weighted by Crippen LogP contribution is -2.21. The number of hydrogen-bond donors (Lipinski definition) is 1. The molecule has 0 aromatic heterocycles. The Morgan fingerprint density at radius 3 is 2.68 bits per heavy atom. The standard InChI is InChI=1S/C24H26N2O5/c1-4-5-6-12-31-21-11-10-17(14-22(21)30-3)13-20-16(2)25-26(23(20)27)19-9-7-8-18(15-19)24(28)29/h7-11,13-15H,4-6,12H2,1-3H3,(H,28,29)/b20-13-. The number of carbonyl (C=O) groups excluding carboxylic acids is 1. The number of nitrogens with zero attached hydrogens (tertiary/aromatic N) is 2. The maximum Gasteiger partial charge on any atom is 0.335 e. The van der Waals surface area contributed by atoms with Gasteiger partial charge < -0.3 is 14.6 Å². The first-order chi connectivity index (χ1) is 14.9. The molecule has 0 saturated carbocycles. The smallest absolute Gasteiger partial charge is 0.335 e. The van der Waals surface area contributed by atoms with Gasteiger partial charge in [0.15, 0.2) is 11.5 Å². The molecular weight excluding hydrogens is 396 g/mol. The molecule has 7 nitrogen and oxygen atoms in total. The summed E-state index contributed by atoms with van der Waals surface area (Å²) in [7, 11) is 1.58. The Labute approximate surface area is 181 Å². The summed E-state index contributed by atoms with van der Waals surface area (Å²) in [5.41, 5.74) is 2.25. The lowest BCUT2D eigenvalue weighted by atomic mass is 10.1. The molecule has 1 amide bonds. The predicted octanol–water partition coefficient (Wildman–Crippen LogP) is 4.77. The van der Waals surface area contributed by atoms with Gasteiger partial charge in [0.2, 0.25) is 0 Å². The first kappa shape index (κ1) is 22.1. The van der Waals surface area contributed by atoms with Gasteiger partial charge in [0.25, 0.3) is 5.91 Å². The van der Waals surface area contributed by atoms with Crippen LogP contribution in [0, 0.1) is 0 Å². The Bertz CT molecular complexity index is 1040. The quantitative estimate of drug-likeness (QED) is 0.465. The zero-order chi connectivity index (χ0) is 22.4. The van der Waals surface area contributed by atoms with Crippen molar-refractivity contribution in [3.8, 4) is 11.5 Å². The zero-order valence-corrected chi connectivity index (χ0v) is 17.9. The van der Waals surface area contributed by atoms with Gasteiger partial charge in [-0.25, -0.2) is 4.79 Å². The van der Waals surface area contributed by atoms with E-state index in [1.165, 1.54) is 17.1 Å². The van der Waals surface area contributed by atoms with Crippen LogP contribution in [0.4, 0.5) is 5.69 Å². The molecule has 2 aromatic rings. The van der Waals surface area contributed by atoms with E-state index in [1.807, 2.05) is 18.2 Å². The second-order valence-electron chi connectivity index (χ2n) is 7.18. The SMILES string of the molecule is CCCCCOc1ccc(/C=C2\C(=O)N(c3cccc(C(=O)O)c3)N=C2C)cc1OC. The van der Waals surface area contributed by atoms with Crippen molar-refractivity contribution in [3.63, 3.8) is 0 Å². The molecule has 31 heavy (non-hydrogen) atoms. The monoisotopic (exact) mass is 422 g/mol. The van der Waals surface area contributed by atoms with Crippen LogP contribution in [0.25, 0.3) is 6.08 Å². The van der Waals surface area contributed by atoms with Crippen molar-refractivity contribution >= 4 is 29.4 Å². The number of rotatable bonds is 9. The van der Waals surface area contributed by atoms with Crippen molar-refractivity contribution in [3.05, 3.63) is 59.2 Å². The van der Waals surface area contributed by atoms with Gasteiger partial charge in [0.05, 0.1) is 36.3 Å². The fourth-order valence-corrected chi connectivity index (χ4v) is 3.22. The minimum Gasteiger partial charge on any atom is -0.493 e. The lowest BCUT2D eigenvalue weighted by Gasteiger charge is -2.13. The number of anilines is 1. The molecule has 0 fully saturated rings. The fraction of sp³-hybridized carbons (Fsp3) is 0.292. The zero-order valence-electron chi connectivity index (χ0n) is 17.9. The van der Waals surface area contributed by atoms with Crippen LogP contribution in [0.2, 0.25) is 0 Å². The van der Waals surface area contributed by atoms with Crippen molar-refractivity contribution in [1.29, 1.82) is 0 Å². The number of hydrogen-bond acceptors (Lipinski definition) is 5. The van der Waals surface area contributed by atoms with Gasteiger partial charge in [-0.15, -0.1) is 0 Å². The van der Waals surface area contributed by atoms with Crippen molar-refractivity contribution in [2.75, 3.05) is 18.7 Å². The average Bonchev–Trinajstić information content (AvgIpc) is 3.05. The summed E-state index contributed by atoms with van der Waals surface area (Å²) >= 11 is 0. The van der Waals surface area contributed by atoms with Gasteiger partial charge in [-0.2, -0.15) is 10.1 Å². The third kappa shape index (κ3) is 5.12. The van der Waals surface area contributed by atoms with Crippen molar-refractivity contribution in [1.82, 2.24) is 0 Å². The molecular formula is C24H26N2O5. The first-order valence-corrected chi connectivity index (χ1v) is 10.2. The topological polar surface area (TPSA) is 88.4 Å². The highest BCUT2D eigenvalue weighted by atomic mass is 16.5. The van der Waals surface area contributed by atoms with Crippen LogP contribution in [-0.2, 0) is 4.79 Å². The summed E-state index contributed by atoms with van der Waals surface area (Å²) in [5, 5.41) is 14.7. The Hall–Kier alpha value is -3.61. The van der Waals surface area contributed by atoms with E-state index in [9.17, 15) is 14.7 Å². The highest BCUT2D eigenvalue weighted by Gasteiger charge is 2.29. The number of carboxylic acid groups (broad SMARTS) is 1. The Morgan fingerprint density at radius 2 is 1.97 bits per heavy atom. The van der Waals surface area contributed by atoms with Gasteiger partial charge in [-0.1, -0.05) is 31.9 Å². The second kappa shape index (κ2) is 9.93. The van der Waals surface area contributed by atoms with Crippen LogP contribution in [-0.4, -0.2) is 36.4 Å². The van der Waals surface area contributed by atoms with Crippen LogP contribution in [0.3, 0.4) is 0 Å². The third-order valence-electron chi connectivity index (χ3n) is 4.90. The van der Waals surface area contributed by atoms with Crippen LogP contribution >= 0.6 is 0 Å². The maximum absolute atomic E-state index is 13.0. The van der Waals surface area contributed by atoms with Gasteiger partial charge >= 0.3 is 5.97 Å². The van der Waals surface area contributed by atoms with E-state index in [0.29, 0.717) is 35.1 Å². The van der Waals surface area contributed by atoms with Gasteiger partial charge in [-0.3, -0.25) is 4.79 Å². The Balaban J connectivity index is 1.82. The summed E-state index contributed by atoms with van der Waals surface area (Å²) in [6.45, 7) is 4.51. The van der Waals surface area contributed by atoms with Crippen LogP contribution in [0.1, 0.15) is 49.0 Å². The molecule has 1 N–H and O–H groups in total. The van der Waals surface area contributed by atoms with Crippen LogP contribution < -0.4 is 14.5 Å². The number of amides is 1. The second-order valence-corrected chi connectivity index (χ2v) is 7.18. The molecule has 1 aliphatic rings. The summed E-state index contributed by atoms with van der Waals surface area (Å²) in [4.78, 5) is 24.2. The molecule has 3 rings (SSSR count). The average molecular weight is 422 g/mol. The minimum atomic E-state index is -1.06. The van der Waals surface area contributed by atoms with E-state index in [-0.39, 0.29) is 11.5 Å². The molecule has 0 unspecified atom stereocenters. The highest BCUT2D eigenvalue weighted by molar-refractivity contribution is 6.32. The Morgan fingerprint density at radius 1 is 1.16 bits per heavy atom. The minimum absolute atomic E-state index is 0.0924. The van der Waals surface area contributed by atoms with Crippen molar-refractivity contribution in [2.45, 2.75) is 33.1 Å². The van der Waals surface area contributed by atoms with E-state index in [0.717, 1.165) is 24.8 Å². The highest BCUT2D eigenvalue weighted by Crippen LogP contribution is 2.31. The summed E-state index contributed by atoms with van der Waals surface area (Å²) in [6, 6.07) is 11.6. The normalized spacial score (nSPS) is 14.7. The van der Waals surface area contributed by atoms with E-state index in [1.54, 1.807) is 32.2 Å². The van der Waals surface area contributed by atoms with E-state index in [4.69, 9.17) is 9.47 Å². The molecule has 0 bridgehead atoms. The van der Waals surface area contributed by atoms with E-state index < -0.39 is 5.97 Å². The summed E-state index contributed by atoms with van der Waals surface area (Å²) < 4.78 is 11.3. The van der Waals surface area contributed by atoms with Gasteiger partial charge in [-0.05, 0) is 55.3 Å². The number of hydrazone groups is 1. The molecule has 0 saturated heterocycles. The number of methoxy groups -OCH3 is 1. The van der Waals surface area contributed by atoms with Crippen LogP contribution in [0.5, 0.6) is 11.5 Å². The van der Waals surface area contributed by atoms with Gasteiger partial charge in [0.1, 0.15) is 0 Å². The summed E-state index contributed by atoms with van der Waals surface area (Å²) in [6.07, 6.45) is 4.96. The molecule has 0 atom stereocenters. The Kier molecular flexibility index (Phi) is 7.07. The van der Waals surface area contributed by atoms with Gasteiger partial charge in [0, 0.05) is 0 Å². The molecule has 2 aromatic carbocycles. The molecule has 162 valence electrons. The predicted molar refractivity (Wildman–Crippen MR) is 120 cm³/mol. The lowest BCUT2D eigenvalue weighted by molar-refractivity contribution is -0.114. The number of carboxylic acids is 1. The van der Waals surface area contributed by atoms with E-state index >= 15 is 0 Å². The number of aromatic carboxylic acids is 1. The molecule has 7 heteroatoms.